The summed E-state index contributed by atoms with van der Waals surface area (Å²) in [6.07, 6.45) is 1.31. The third kappa shape index (κ3) is 4.02. The predicted molar refractivity (Wildman–Crippen MR) is 116 cm³/mol. The molecule has 1 aliphatic heterocycles. The van der Waals surface area contributed by atoms with Crippen LogP contribution in [0.15, 0.2) is 45.8 Å². The SMILES string of the molecule is Cc1cc(C)c(S(=O)(=O)N2CCC(c3noc(-c4ccc(Cl)cc4)n3)CC2)c(C)c1. The van der Waals surface area contributed by atoms with Gasteiger partial charge in [0.25, 0.3) is 5.89 Å². The average molecular weight is 446 g/mol. The van der Waals surface area contributed by atoms with Crippen LogP contribution in [0.4, 0.5) is 0 Å². The summed E-state index contributed by atoms with van der Waals surface area (Å²) in [5, 5.41) is 4.78. The highest BCUT2D eigenvalue weighted by molar-refractivity contribution is 7.89. The van der Waals surface area contributed by atoms with Gasteiger partial charge in [-0.25, -0.2) is 8.42 Å². The number of benzene rings is 2. The number of halogens is 1. The highest BCUT2D eigenvalue weighted by atomic mass is 35.5. The number of sulfonamides is 1. The van der Waals surface area contributed by atoms with Gasteiger partial charge in [0.15, 0.2) is 5.82 Å². The Bertz CT molecular complexity index is 1140. The van der Waals surface area contributed by atoms with Crippen molar-refractivity contribution in [2.75, 3.05) is 13.1 Å². The average Bonchev–Trinajstić information content (AvgIpc) is 3.18. The molecule has 0 aliphatic carbocycles. The van der Waals surface area contributed by atoms with Crippen LogP contribution in [-0.2, 0) is 10.0 Å². The van der Waals surface area contributed by atoms with E-state index in [4.69, 9.17) is 16.1 Å². The maximum atomic E-state index is 13.3. The van der Waals surface area contributed by atoms with E-state index in [1.165, 1.54) is 0 Å². The van der Waals surface area contributed by atoms with Gasteiger partial charge < -0.3 is 4.52 Å². The van der Waals surface area contributed by atoms with Crippen LogP contribution in [-0.4, -0.2) is 36.0 Å². The zero-order valence-corrected chi connectivity index (χ0v) is 18.8. The van der Waals surface area contributed by atoms with Gasteiger partial charge in [-0.15, -0.1) is 0 Å². The molecular formula is C22H24ClN3O3S. The number of rotatable bonds is 4. The lowest BCUT2D eigenvalue weighted by atomic mass is 9.97. The molecule has 0 amide bonds. The molecule has 2 aromatic carbocycles. The molecule has 0 bridgehead atoms. The molecule has 2 heterocycles. The molecule has 0 atom stereocenters. The van der Waals surface area contributed by atoms with Crippen LogP contribution in [0.3, 0.4) is 0 Å². The standard InChI is InChI=1S/C22H24ClN3O3S/c1-14-12-15(2)20(16(3)13-14)30(27,28)26-10-8-17(9-11-26)21-24-22(29-25-21)18-4-6-19(23)7-5-18/h4-7,12-13,17H,8-11H2,1-3H3. The summed E-state index contributed by atoms with van der Waals surface area (Å²) in [5.74, 6) is 1.14. The lowest BCUT2D eigenvalue weighted by Gasteiger charge is -2.30. The van der Waals surface area contributed by atoms with Crippen LogP contribution in [0.25, 0.3) is 11.5 Å². The second-order valence-electron chi connectivity index (χ2n) is 7.87. The van der Waals surface area contributed by atoms with E-state index in [-0.39, 0.29) is 5.92 Å². The van der Waals surface area contributed by atoms with Crippen molar-refractivity contribution in [3.05, 3.63) is 63.9 Å². The minimum atomic E-state index is -3.53. The molecule has 1 aliphatic rings. The van der Waals surface area contributed by atoms with Gasteiger partial charge in [0.1, 0.15) is 0 Å². The molecule has 30 heavy (non-hydrogen) atoms. The largest absolute Gasteiger partial charge is 0.334 e. The van der Waals surface area contributed by atoms with Gasteiger partial charge in [0.05, 0.1) is 4.90 Å². The summed E-state index contributed by atoms with van der Waals surface area (Å²) >= 11 is 5.93. The Morgan fingerprint density at radius 2 is 1.63 bits per heavy atom. The van der Waals surface area contributed by atoms with Gasteiger partial charge in [-0.3, -0.25) is 0 Å². The number of piperidine rings is 1. The summed E-state index contributed by atoms with van der Waals surface area (Å²) in [6, 6.07) is 11.1. The Hall–Kier alpha value is -2.22. The first-order valence-electron chi connectivity index (χ1n) is 9.93. The molecule has 3 aromatic rings. The number of hydrogen-bond acceptors (Lipinski definition) is 5. The third-order valence-electron chi connectivity index (χ3n) is 5.55. The predicted octanol–water partition coefficient (Wildman–Crippen LogP) is 4.88. The molecule has 0 spiro atoms. The highest BCUT2D eigenvalue weighted by Crippen LogP contribution is 2.32. The molecule has 0 unspecified atom stereocenters. The van der Waals surface area contributed by atoms with Crippen LogP contribution in [0.1, 0.15) is 41.3 Å². The molecule has 0 radical (unpaired) electrons. The zero-order chi connectivity index (χ0) is 21.5. The Balaban J connectivity index is 1.49. The maximum absolute atomic E-state index is 13.3. The van der Waals surface area contributed by atoms with E-state index in [0.717, 1.165) is 22.3 Å². The van der Waals surface area contributed by atoms with Gasteiger partial charge in [-0.1, -0.05) is 34.5 Å². The highest BCUT2D eigenvalue weighted by Gasteiger charge is 2.33. The van der Waals surface area contributed by atoms with E-state index in [9.17, 15) is 8.42 Å². The van der Waals surface area contributed by atoms with Crippen molar-refractivity contribution in [3.8, 4) is 11.5 Å². The molecule has 158 valence electrons. The van der Waals surface area contributed by atoms with Crippen molar-refractivity contribution in [1.29, 1.82) is 0 Å². The fourth-order valence-electron chi connectivity index (χ4n) is 4.17. The molecule has 0 saturated carbocycles. The maximum Gasteiger partial charge on any atom is 0.257 e. The van der Waals surface area contributed by atoms with Crippen molar-refractivity contribution in [3.63, 3.8) is 0 Å². The molecule has 1 fully saturated rings. The van der Waals surface area contributed by atoms with Gasteiger partial charge in [0, 0.05) is 29.6 Å². The topological polar surface area (TPSA) is 76.3 Å². The van der Waals surface area contributed by atoms with E-state index < -0.39 is 10.0 Å². The fraction of sp³-hybridized carbons (Fsp3) is 0.364. The second-order valence-corrected chi connectivity index (χ2v) is 10.2. The molecule has 1 aromatic heterocycles. The number of nitrogens with zero attached hydrogens (tertiary/aromatic N) is 3. The number of hydrogen-bond donors (Lipinski definition) is 0. The monoisotopic (exact) mass is 445 g/mol. The van der Waals surface area contributed by atoms with Crippen LogP contribution < -0.4 is 0 Å². The van der Waals surface area contributed by atoms with Crippen molar-refractivity contribution < 1.29 is 12.9 Å². The fourth-order valence-corrected chi connectivity index (χ4v) is 6.17. The third-order valence-corrected chi connectivity index (χ3v) is 8.01. The lowest BCUT2D eigenvalue weighted by Crippen LogP contribution is -2.38. The van der Waals surface area contributed by atoms with Crippen molar-refractivity contribution in [1.82, 2.24) is 14.4 Å². The van der Waals surface area contributed by atoms with Crippen LogP contribution >= 0.6 is 11.6 Å². The summed E-state index contributed by atoms with van der Waals surface area (Å²) in [6.45, 7) is 6.56. The second kappa shape index (κ2) is 8.13. The minimum absolute atomic E-state index is 0.0708. The summed E-state index contributed by atoms with van der Waals surface area (Å²) < 4.78 is 33.5. The first-order valence-corrected chi connectivity index (χ1v) is 11.7. The van der Waals surface area contributed by atoms with Crippen molar-refractivity contribution in [2.45, 2.75) is 44.4 Å². The Labute approximate surface area is 181 Å². The molecule has 8 heteroatoms. The van der Waals surface area contributed by atoms with E-state index in [0.29, 0.717) is 47.6 Å². The molecule has 0 N–H and O–H groups in total. The smallest absolute Gasteiger partial charge is 0.257 e. The van der Waals surface area contributed by atoms with Crippen LogP contribution in [0, 0.1) is 20.8 Å². The van der Waals surface area contributed by atoms with Crippen LogP contribution in [0.5, 0.6) is 0 Å². The molecule has 4 rings (SSSR count). The van der Waals surface area contributed by atoms with Gasteiger partial charge >= 0.3 is 0 Å². The first kappa shape index (κ1) is 21.0. The number of aryl methyl sites for hydroxylation is 3. The Morgan fingerprint density at radius 3 is 2.23 bits per heavy atom. The van der Waals surface area contributed by atoms with Crippen molar-refractivity contribution >= 4 is 21.6 Å². The van der Waals surface area contributed by atoms with Crippen molar-refractivity contribution in [2.24, 2.45) is 0 Å². The molecular weight excluding hydrogens is 422 g/mol. The molecule has 6 nitrogen and oxygen atoms in total. The minimum Gasteiger partial charge on any atom is -0.334 e. The number of aromatic nitrogens is 2. The normalized spacial score (nSPS) is 16.1. The van der Waals surface area contributed by atoms with E-state index in [2.05, 4.69) is 10.1 Å². The summed E-state index contributed by atoms with van der Waals surface area (Å²) in [4.78, 5) is 4.96. The Morgan fingerprint density at radius 1 is 1.03 bits per heavy atom. The first-order chi connectivity index (χ1) is 14.3. The van der Waals surface area contributed by atoms with Crippen LogP contribution in [0.2, 0.25) is 5.02 Å². The Kier molecular flexibility index (Phi) is 5.70. The van der Waals surface area contributed by atoms with E-state index in [1.807, 2.05) is 45.0 Å². The van der Waals surface area contributed by atoms with Gasteiger partial charge in [-0.2, -0.15) is 9.29 Å². The zero-order valence-electron chi connectivity index (χ0n) is 17.2. The summed E-state index contributed by atoms with van der Waals surface area (Å²) in [7, 11) is -3.53. The molecule has 1 saturated heterocycles. The van der Waals surface area contributed by atoms with Gasteiger partial charge in [0.2, 0.25) is 10.0 Å². The van der Waals surface area contributed by atoms with E-state index in [1.54, 1.807) is 16.4 Å². The van der Waals surface area contributed by atoms with E-state index >= 15 is 0 Å². The van der Waals surface area contributed by atoms with Gasteiger partial charge in [-0.05, 0) is 69.0 Å². The summed E-state index contributed by atoms with van der Waals surface area (Å²) in [5.41, 5.74) is 3.46. The quantitative estimate of drug-likeness (QED) is 0.571. The lowest BCUT2D eigenvalue weighted by molar-refractivity contribution is 0.307.